The van der Waals surface area contributed by atoms with Crippen molar-refractivity contribution >= 4 is 23.2 Å². The Morgan fingerprint density at radius 1 is 1.07 bits per heavy atom. The van der Waals surface area contributed by atoms with Crippen LogP contribution in [0, 0.1) is 0 Å². The van der Waals surface area contributed by atoms with Gasteiger partial charge in [-0.2, -0.15) is 0 Å². The smallest absolute Gasteiger partial charge is 0.257 e. The number of nitrogens with one attached hydrogen (secondary N) is 1. The number of aromatic nitrogens is 1. The second-order valence-electron chi connectivity index (χ2n) is 6.51. The number of ether oxygens (including phenoxy) is 1. The van der Waals surface area contributed by atoms with E-state index in [2.05, 4.69) is 24.1 Å². The fraction of sp³-hybridized carbons (Fsp3) is 0.182. The van der Waals surface area contributed by atoms with Gasteiger partial charge in [-0.25, -0.2) is 0 Å². The Morgan fingerprint density at radius 2 is 1.81 bits per heavy atom. The van der Waals surface area contributed by atoms with Crippen molar-refractivity contribution in [1.29, 1.82) is 0 Å². The van der Waals surface area contributed by atoms with E-state index in [9.17, 15) is 4.79 Å². The molecule has 0 aliphatic rings. The Morgan fingerprint density at radius 3 is 2.41 bits per heavy atom. The van der Waals surface area contributed by atoms with E-state index < -0.39 is 0 Å². The Kier molecular flexibility index (Phi) is 5.77. The Hall–Kier alpha value is -2.85. The molecule has 1 aromatic heterocycles. The third kappa shape index (κ3) is 4.47. The van der Waals surface area contributed by atoms with Crippen LogP contribution in [0.15, 0.2) is 60.8 Å². The van der Waals surface area contributed by atoms with Crippen molar-refractivity contribution in [2.45, 2.75) is 19.8 Å². The Bertz CT molecular complexity index is 936. The summed E-state index contributed by atoms with van der Waals surface area (Å²) in [7, 11) is 1.60. The molecule has 0 radical (unpaired) electrons. The number of nitrogens with zero attached hydrogens (tertiary/aromatic N) is 1. The van der Waals surface area contributed by atoms with E-state index in [1.54, 1.807) is 43.6 Å². The van der Waals surface area contributed by atoms with Gasteiger partial charge in [0.1, 0.15) is 5.75 Å². The fourth-order valence-corrected chi connectivity index (χ4v) is 2.89. The van der Waals surface area contributed by atoms with Crippen LogP contribution in [0.2, 0.25) is 5.02 Å². The van der Waals surface area contributed by atoms with E-state index in [-0.39, 0.29) is 5.91 Å². The molecule has 3 rings (SSSR count). The van der Waals surface area contributed by atoms with Crippen LogP contribution in [0.1, 0.15) is 35.7 Å². The average molecular weight is 381 g/mol. The number of rotatable bonds is 5. The van der Waals surface area contributed by atoms with E-state index >= 15 is 0 Å². The molecule has 0 saturated heterocycles. The highest BCUT2D eigenvalue weighted by Crippen LogP contribution is 2.31. The van der Waals surface area contributed by atoms with Gasteiger partial charge in [0.15, 0.2) is 0 Å². The summed E-state index contributed by atoms with van der Waals surface area (Å²) >= 11 is 6.08. The number of pyridine rings is 1. The van der Waals surface area contributed by atoms with Crippen molar-refractivity contribution in [3.05, 3.63) is 76.9 Å². The molecule has 138 valence electrons. The Balaban J connectivity index is 1.77. The minimum absolute atomic E-state index is 0.204. The molecule has 1 N–H and O–H groups in total. The lowest BCUT2D eigenvalue weighted by atomic mass is 10.0. The summed E-state index contributed by atoms with van der Waals surface area (Å²) in [4.78, 5) is 16.9. The zero-order valence-electron chi connectivity index (χ0n) is 15.5. The van der Waals surface area contributed by atoms with E-state index in [1.165, 1.54) is 5.56 Å². The van der Waals surface area contributed by atoms with Gasteiger partial charge in [0.2, 0.25) is 0 Å². The van der Waals surface area contributed by atoms with Crippen molar-refractivity contribution in [2.24, 2.45) is 0 Å². The van der Waals surface area contributed by atoms with Crippen molar-refractivity contribution in [1.82, 2.24) is 4.98 Å². The highest BCUT2D eigenvalue weighted by molar-refractivity contribution is 6.31. The van der Waals surface area contributed by atoms with Crippen LogP contribution in [0.3, 0.4) is 0 Å². The number of anilines is 1. The molecular weight excluding hydrogens is 360 g/mol. The molecule has 0 bridgehead atoms. The lowest BCUT2D eigenvalue weighted by molar-refractivity contribution is 0.102. The predicted octanol–water partition coefficient (Wildman–Crippen LogP) is 5.79. The second-order valence-corrected chi connectivity index (χ2v) is 6.94. The van der Waals surface area contributed by atoms with Gasteiger partial charge < -0.3 is 10.1 Å². The third-order valence-electron chi connectivity index (χ3n) is 4.30. The molecule has 2 aromatic carbocycles. The first kappa shape index (κ1) is 18.9. The van der Waals surface area contributed by atoms with Gasteiger partial charge in [0, 0.05) is 22.5 Å². The normalized spacial score (nSPS) is 10.7. The first-order chi connectivity index (χ1) is 13.0. The van der Waals surface area contributed by atoms with Crippen molar-refractivity contribution in [3.8, 4) is 17.0 Å². The molecule has 27 heavy (non-hydrogen) atoms. The standard InChI is InChI=1S/C22H21ClN2O2/c1-14(2)15-4-8-18(9-5-15)25-22(26)16-6-10-20(24-13-16)19-12-17(23)7-11-21(19)27-3/h4-14H,1-3H3,(H,25,26). The van der Waals surface area contributed by atoms with Gasteiger partial charge >= 0.3 is 0 Å². The molecule has 0 saturated carbocycles. The summed E-state index contributed by atoms with van der Waals surface area (Å²) in [6, 6.07) is 16.7. The van der Waals surface area contributed by atoms with Gasteiger partial charge in [-0.1, -0.05) is 37.6 Å². The monoisotopic (exact) mass is 380 g/mol. The summed E-state index contributed by atoms with van der Waals surface area (Å²) in [6.45, 7) is 4.27. The number of amides is 1. The fourth-order valence-electron chi connectivity index (χ4n) is 2.72. The number of carbonyl (C=O) groups is 1. The van der Waals surface area contributed by atoms with Gasteiger partial charge in [-0.15, -0.1) is 0 Å². The first-order valence-corrected chi connectivity index (χ1v) is 9.07. The molecule has 4 nitrogen and oxygen atoms in total. The van der Waals surface area contributed by atoms with Crippen molar-refractivity contribution in [2.75, 3.05) is 12.4 Å². The molecule has 1 heterocycles. The van der Waals surface area contributed by atoms with Crippen LogP contribution in [-0.4, -0.2) is 18.0 Å². The lowest BCUT2D eigenvalue weighted by Gasteiger charge is -2.10. The zero-order chi connectivity index (χ0) is 19.4. The van der Waals surface area contributed by atoms with Gasteiger partial charge in [0.25, 0.3) is 5.91 Å². The van der Waals surface area contributed by atoms with Crippen molar-refractivity contribution in [3.63, 3.8) is 0 Å². The minimum Gasteiger partial charge on any atom is -0.496 e. The molecule has 3 aromatic rings. The van der Waals surface area contributed by atoms with E-state index in [0.29, 0.717) is 27.9 Å². The number of methoxy groups -OCH3 is 1. The summed E-state index contributed by atoms with van der Waals surface area (Å²) in [5.41, 5.74) is 3.93. The molecule has 0 aliphatic carbocycles. The maximum Gasteiger partial charge on any atom is 0.257 e. The summed E-state index contributed by atoms with van der Waals surface area (Å²) in [5.74, 6) is 0.925. The molecule has 0 unspecified atom stereocenters. The highest BCUT2D eigenvalue weighted by Gasteiger charge is 2.11. The highest BCUT2D eigenvalue weighted by atomic mass is 35.5. The molecule has 0 aliphatic heterocycles. The van der Waals surface area contributed by atoms with Gasteiger partial charge in [0.05, 0.1) is 18.4 Å². The molecule has 0 atom stereocenters. The second kappa shape index (κ2) is 8.23. The maximum atomic E-state index is 12.5. The van der Waals surface area contributed by atoms with E-state index in [0.717, 1.165) is 11.3 Å². The van der Waals surface area contributed by atoms with Gasteiger partial charge in [-0.05, 0) is 53.9 Å². The molecule has 5 heteroatoms. The quantitative estimate of drug-likeness (QED) is 0.609. The molecule has 1 amide bonds. The number of hydrogen-bond acceptors (Lipinski definition) is 3. The number of hydrogen-bond donors (Lipinski definition) is 1. The maximum absolute atomic E-state index is 12.5. The number of carbonyl (C=O) groups excluding carboxylic acids is 1. The zero-order valence-corrected chi connectivity index (χ0v) is 16.2. The van der Waals surface area contributed by atoms with Crippen LogP contribution in [-0.2, 0) is 0 Å². The van der Waals surface area contributed by atoms with Crippen LogP contribution in [0.4, 0.5) is 5.69 Å². The van der Waals surface area contributed by atoms with E-state index in [1.807, 2.05) is 24.3 Å². The van der Waals surface area contributed by atoms with Crippen LogP contribution in [0.25, 0.3) is 11.3 Å². The minimum atomic E-state index is -0.204. The lowest BCUT2D eigenvalue weighted by Crippen LogP contribution is -2.12. The van der Waals surface area contributed by atoms with Gasteiger partial charge in [-0.3, -0.25) is 9.78 Å². The number of halogens is 1. The molecular formula is C22H21ClN2O2. The summed E-state index contributed by atoms with van der Waals surface area (Å²) in [6.07, 6.45) is 1.55. The topological polar surface area (TPSA) is 51.2 Å². The largest absolute Gasteiger partial charge is 0.496 e. The molecule has 0 spiro atoms. The third-order valence-corrected chi connectivity index (χ3v) is 4.53. The number of benzene rings is 2. The van der Waals surface area contributed by atoms with E-state index in [4.69, 9.17) is 16.3 Å². The summed E-state index contributed by atoms with van der Waals surface area (Å²) < 4.78 is 5.36. The predicted molar refractivity (Wildman–Crippen MR) is 110 cm³/mol. The van der Waals surface area contributed by atoms with Crippen LogP contribution in [0.5, 0.6) is 5.75 Å². The molecule has 0 fully saturated rings. The van der Waals surface area contributed by atoms with Crippen LogP contribution < -0.4 is 10.1 Å². The van der Waals surface area contributed by atoms with Crippen LogP contribution >= 0.6 is 11.6 Å². The first-order valence-electron chi connectivity index (χ1n) is 8.69. The average Bonchev–Trinajstić information content (AvgIpc) is 2.68. The van der Waals surface area contributed by atoms with Crippen molar-refractivity contribution < 1.29 is 9.53 Å². The summed E-state index contributed by atoms with van der Waals surface area (Å²) in [5, 5.41) is 3.49. The Labute approximate surface area is 164 Å². The SMILES string of the molecule is COc1ccc(Cl)cc1-c1ccc(C(=O)Nc2ccc(C(C)C)cc2)cn1.